The molecule has 3 nitrogen and oxygen atoms in total. The third-order valence-corrected chi connectivity index (χ3v) is 3.07. The summed E-state index contributed by atoms with van der Waals surface area (Å²) in [5.41, 5.74) is 0.733. The van der Waals surface area contributed by atoms with E-state index in [9.17, 15) is 8.42 Å². The lowest BCUT2D eigenvalue weighted by Gasteiger charge is -2.21. The van der Waals surface area contributed by atoms with E-state index in [2.05, 4.69) is 0 Å². The average molecular weight is 243 g/mol. The lowest BCUT2D eigenvalue weighted by atomic mass is 10.3. The number of nitrogens with zero attached hydrogens (tertiary/aromatic N) is 1. The second kappa shape index (κ2) is 7.28. The molecule has 0 saturated heterocycles. The molecule has 1 aromatic carbocycles. The summed E-state index contributed by atoms with van der Waals surface area (Å²) in [4.78, 5) is 0. The van der Waals surface area contributed by atoms with Gasteiger partial charge in [0, 0.05) is 6.54 Å². The number of anilines is 1. The molecule has 0 fully saturated rings. The summed E-state index contributed by atoms with van der Waals surface area (Å²) in [5.74, 6) is 0. The average Bonchev–Trinajstić information content (AvgIpc) is 2.28. The number of para-hydroxylation sites is 1. The number of rotatable bonds is 4. The lowest BCUT2D eigenvalue weighted by Crippen LogP contribution is -2.30. The summed E-state index contributed by atoms with van der Waals surface area (Å²) in [6.45, 7) is 6.49. The molecule has 0 aliphatic rings. The largest absolute Gasteiger partial charge is 0.270 e. The Morgan fingerprint density at radius 1 is 1.12 bits per heavy atom. The number of hydrogen-bond acceptors (Lipinski definition) is 2. The molecule has 0 atom stereocenters. The Morgan fingerprint density at radius 2 is 1.62 bits per heavy atom. The first-order valence-electron chi connectivity index (χ1n) is 5.58. The van der Waals surface area contributed by atoms with Gasteiger partial charge in [-0.1, -0.05) is 39.0 Å². The van der Waals surface area contributed by atoms with Crippen molar-refractivity contribution in [3.63, 3.8) is 0 Å². The van der Waals surface area contributed by atoms with Crippen LogP contribution < -0.4 is 4.31 Å². The molecule has 92 valence electrons. The van der Waals surface area contributed by atoms with Gasteiger partial charge in [-0.15, -0.1) is 0 Å². The molecule has 0 bridgehead atoms. The molecule has 0 radical (unpaired) electrons. The SMILES string of the molecule is CC.CCCN(c1ccccc1)S(C)(=O)=O. The summed E-state index contributed by atoms with van der Waals surface area (Å²) in [5, 5.41) is 0. The number of benzene rings is 1. The maximum atomic E-state index is 11.4. The minimum Gasteiger partial charge on any atom is -0.270 e. The van der Waals surface area contributed by atoms with Crippen LogP contribution in [-0.2, 0) is 10.0 Å². The van der Waals surface area contributed by atoms with Gasteiger partial charge >= 0.3 is 0 Å². The van der Waals surface area contributed by atoms with Gasteiger partial charge in [0.1, 0.15) is 0 Å². The van der Waals surface area contributed by atoms with Gasteiger partial charge < -0.3 is 0 Å². The standard InChI is InChI=1S/C10H15NO2S.C2H6/c1-3-9-11(14(2,12)13)10-7-5-4-6-8-10;1-2/h4-8H,3,9H2,1-2H3;1-2H3. The van der Waals surface area contributed by atoms with Gasteiger partial charge in [-0.3, -0.25) is 4.31 Å². The van der Waals surface area contributed by atoms with Crippen molar-refractivity contribution in [3.05, 3.63) is 30.3 Å². The fourth-order valence-electron chi connectivity index (χ4n) is 1.28. The summed E-state index contributed by atoms with van der Waals surface area (Å²) >= 11 is 0. The highest BCUT2D eigenvalue weighted by Gasteiger charge is 2.15. The zero-order valence-corrected chi connectivity index (χ0v) is 11.3. The van der Waals surface area contributed by atoms with Crippen LogP contribution in [0, 0.1) is 0 Å². The molecule has 1 aromatic rings. The molecule has 0 unspecified atom stereocenters. The fraction of sp³-hybridized carbons (Fsp3) is 0.500. The van der Waals surface area contributed by atoms with Gasteiger partial charge in [0.2, 0.25) is 10.0 Å². The number of hydrogen-bond donors (Lipinski definition) is 0. The Hall–Kier alpha value is -1.03. The highest BCUT2D eigenvalue weighted by atomic mass is 32.2. The minimum atomic E-state index is -3.15. The van der Waals surface area contributed by atoms with Crippen LogP contribution >= 0.6 is 0 Å². The first-order valence-corrected chi connectivity index (χ1v) is 7.43. The Balaban J connectivity index is 0.00000106. The summed E-state index contributed by atoms with van der Waals surface area (Å²) < 4.78 is 24.3. The predicted molar refractivity (Wildman–Crippen MR) is 70.3 cm³/mol. The van der Waals surface area contributed by atoms with Gasteiger partial charge in [0.25, 0.3) is 0 Å². The highest BCUT2D eigenvalue weighted by molar-refractivity contribution is 7.92. The second-order valence-corrected chi connectivity index (χ2v) is 5.08. The van der Waals surface area contributed by atoms with Crippen molar-refractivity contribution in [2.24, 2.45) is 0 Å². The maximum Gasteiger partial charge on any atom is 0.232 e. The van der Waals surface area contributed by atoms with E-state index in [1.165, 1.54) is 10.6 Å². The highest BCUT2D eigenvalue weighted by Crippen LogP contribution is 2.16. The Labute approximate surface area is 99.1 Å². The van der Waals surface area contributed by atoms with Crippen molar-refractivity contribution in [2.75, 3.05) is 17.1 Å². The molecule has 1 rings (SSSR count). The van der Waals surface area contributed by atoms with E-state index < -0.39 is 10.0 Å². The molecule has 0 saturated carbocycles. The molecule has 0 heterocycles. The molecular weight excluding hydrogens is 222 g/mol. The van der Waals surface area contributed by atoms with Crippen LogP contribution in [0.25, 0.3) is 0 Å². The third kappa shape index (κ3) is 4.66. The van der Waals surface area contributed by atoms with Crippen molar-refractivity contribution in [1.82, 2.24) is 0 Å². The van der Waals surface area contributed by atoms with Crippen LogP contribution in [0.15, 0.2) is 30.3 Å². The molecule has 0 aliphatic carbocycles. The first-order chi connectivity index (χ1) is 7.55. The van der Waals surface area contributed by atoms with Crippen LogP contribution in [0.4, 0.5) is 5.69 Å². The minimum absolute atomic E-state index is 0.531. The predicted octanol–water partition coefficient (Wildman–Crippen LogP) is 2.89. The maximum absolute atomic E-state index is 11.4. The molecule has 0 amide bonds. The van der Waals surface area contributed by atoms with E-state index >= 15 is 0 Å². The van der Waals surface area contributed by atoms with Crippen LogP contribution in [0.2, 0.25) is 0 Å². The summed E-state index contributed by atoms with van der Waals surface area (Å²) in [6, 6.07) is 9.15. The van der Waals surface area contributed by atoms with Crippen LogP contribution in [0.1, 0.15) is 27.2 Å². The quantitative estimate of drug-likeness (QED) is 0.815. The van der Waals surface area contributed by atoms with Crippen LogP contribution in [-0.4, -0.2) is 21.2 Å². The molecule has 0 aliphatic heterocycles. The second-order valence-electron chi connectivity index (χ2n) is 3.17. The molecule has 16 heavy (non-hydrogen) atoms. The van der Waals surface area contributed by atoms with Gasteiger partial charge in [-0.05, 0) is 18.6 Å². The molecule has 0 N–H and O–H groups in total. The van der Waals surface area contributed by atoms with E-state index in [0.717, 1.165) is 12.1 Å². The monoisotopic (exact) mass is 243 g/mol. The zero-order valence-electron chi connectivity index (χ0n) is 10.5. The summed E-state index contributed by atoms with van der Waals surface area (Å²) in [6.07, 6.45) is 2.04. The van der Waals surface area contributed by atoms with E-state index in [1.807, 2.05) is 39.0 Å². The molecule has 0 aromatic heterocycles. The smallest absolute Gasteiger partial charge is 0.232 e. The normalized spacial score (nSPS) is 10.2. The lowest BCUT2D eigenvalue weighted by molar-refractivity contribution is 0.596. The third-order valence-electron chi connectivity index (χ3n) is 1.87. The van der Waals surface area contributed by atoms with E-state index in [-0.39, 0.29) is 0 Å². The van der Waals surface area contributed by atoms with Crippen molar-refractivity contribution < 1.29 is 8.42 Å². The Kier molecular flexibility index (Phi) is 6.81. The van der Waals surface area contributed by atoms with Crippen LogP contribution in [0.3, 0.4) is 0 Å². The van der Waals surface area contributed by atoms with Crippen molar-refractivity contribution in [2.45, 2.75) is 27.2 Å². The summed E-state index contributed by atoms with van der Waals surface area (Å²) in [7, 11) is -3.15. The topological polar surface area (TPSA) is 37.4 Å². The van der Waals surface area contributed by atoms with Gasteiger partial charge in [0.15, 0.2) is 0 Å². The molecule has 4 heteroatoms. The first kappa shape index (κ1) is 15.0. The van der Waals surface area contributed by atoms with Crippen molar-refractivity contribution in [1.29, 1.82) is 0 Å². The van der Waals surface area contributed by atoms with Gasteiger partial charge in [-0.25, -0.2) is 8.42 Å². The van der Waals surface area contributed by atoms with Crippen LogP contribution in [0.5, 0.6) is 0 Å². The molecular formula is C12H21NO2S. The zero-order chi connectivity index (χ0) is 12.6. The van der Waals surface area contributed by atoms with E-state index in [4.69, 9.17) is 0 Å². The van der Waals surface area contributed by atoms with E-state index in [1.54, 1.807) is 12.1 Å². The molecule has 0 spiro atoms. The Morgan fingerprint density at radius 3 is 2.00 bits per heavy atom. The van der Waals surface area contributed by atoms with E-state index in [0.29, 0.717) is 6.54 Å². The van der Waals surface area contributed by atoms with Crippen molar-refractivity contribution >= 4 is 15.7 Å². The Bertz CT molecular complexity index is 373. The van der Waals surface area contributed by atoms with Crippen molar-refractivity contribution in [3.8, 4) is 0 Å². The van der Waals surface area contributed by atoms with Gasteiger partial charge in [0.05, 0.1) is 11.9 Å². The van der Waals surface area contributed by atoms with Gasteiger partial charge in [-0.2, -0.15) is 0 Å². The number of sulfonamides is 1. The fourth-order valence-corrected chi connectivity index (χ4v) is 2.30.